The van der Waals surface area contributed by atoms with Crippen LogP contribution in [0.5, 0.6) is 0 Å². The van der Waals surface area contributed by atoms with Gasteiger partial charge in [0.05, 0.1) is 0 Å². The lowest BCUT2D eigenvalue weighted by Gasteiger charge is -2.37. The molecule has 0 unspecified atom stereocenters. The molecule has 2 bridgehead atoms. The summed E-state index contributed by atoms with van der Waals surface area (Å²) in [6.45, 7) is 2.27. The molecule has 3 aliphatic heterocycles. The van der Waals surface area contributed by atoms with Crippen LogP contribution in [0.2, 0.25) is 0 Å². The van der Waals surface area contributed by atoms with Crippen molar-refractivity contribution in [3.63, 3.8) is 0 Å². The predicted molar refractivity (Wildman–Crippen MR) is 103 cm³/mol. The van der Waals surface area contributed by atoms with Crippen molar-refractivity contribution in [3.05, 3.63) is 83.6 Å². The first-order chi connectivity index (χ1) is 11.8. The van der Waals surface area contributed by atoms with E-state index in [4.69, 9.17) is 0 Å². The SMILES string of the molecule is Cl.OC(C#CC1=CN2CCC1CC2)(c1ccccc1)c1ccccc1. The van der Waals surface area contributed by atoms with Gasteiger partial charge in [-0.15, -0.1) is 12.4 Å². The lowest BCUT2D eigenvalue weighted by Crippen LogP contribution is -2.35. The fourth-order valence-corrected chi connectivity index (χ4v) is 3.61. The van der Waals surface area contributed by atoms with Gasteiger partial charge in [-0.2, -0.15) is 0 Å². The van der Waals surface area contributed by atoms with Crippen molar-refractivity contribution in [3.8, 4) is 11.8 Å². The second-order valence-corrected chi connectivity index (χ2v) is 6.59. The van der Waals surface area contributed by atoms with E-state index in [9.17, 15) is 5.11 Å². The zero-order chi connectivity index (χ0) is 16.4. The minimum absolute atomic E-state index is 0. The highest BCUT2D eigenvalue weighted by atomic mass is 35.5. The Labute approximate surface area is 155 Å². The molecule has 1 saturated heterocycles. The molecular weight excluding hydrogens is 330 g/mol. The lowest BCUT2D eigenvalue weighted by molar-refractivity contribution is 0.145. The van der Waals surface area contributed by atoms with Gasteiger partial charge in [-0.05, 0) is 18.8 Å². The molecule has 1 N–H and O–H groups in total. The largest absolute Gasteiger partial charge is 0.377 e. The minimum atomic E-state index is -1.28. The maximum Gasteiger partial charge on any atom is 0.177 e. The molecular formula is C22H22ClNO. The van der Waals surface area contributed by atoms with Crippen LogP contribution in [-0.2, 0) is 5.60 Å². The van der Waals surface area contributed by atoms with E-state index in [0.717, 1.165) is 29.8 Å². The Bertz CT molecular complexity index is 757. The van der Waals surface area contributed by atoms with Crippen molar-refractivity contribution in [1.29, 1.82) is 0 Å². The second kappa shape index (κ2) is 7.35. The molecule has 3 aliphatic rings. The van der Waals surface area contributed by atoms with Crippen molar-refractivity contribution < 1.29 is 5.11 Å². The van der Waals surface area contributed by atoms with Gasteiger partial charge < -0.3 is 10.0 Å². The first-order valence-electron chi connectivity index (χ1n) is 8.58. The fourth-order valence-electron chi connectivity index (χ4n) is 3.61. The Morgan fingerprint density at radius 2 is 1.40 bits per heavy atom. The third kappa shape index (κ3) is 3.44. The molecule has 0 aliphatic carbocycles. The van der Waals surface area contributed by atoms with Crippen LogP contribution in [0.15, 0.2) is 72.4 Å². The lowest BCUT2D eigenvalue weighted by atomic mass is 9.83. The average Bonchev–Trinajstić information content (AvgIpc) is 2.68. The van der Waals surface area contributed by atoms with E-state index in [-0.39, 0.29) is 12.4 Å². The first kappa shape index (κ1) is 17.6. The summed E-state index contributed by atoms with van der Waals surface area (Å²) in [5, 5.41) is 11.4. The van der Waals surface area contributed by atoms with E-state index >= 15 is 0 Å². The number of hydrogen-bond acceptors (Lipinski definition) is 2. The molecule has 2 nitrogen and oxygen atoms in total. The van der Waals surface area contributed by atoms with E-state index in [0.29, 0.717) is 5.92 Å². The normalized spacial score (nSPS) is 16.5. The van der Waals surface area contributed by atoms with Crippen LogP contribution >= 0.6 is 12.4 Å². The monoisotopic (exact) mass is 351 g/mol. The summed E-state index contributed by atoms with van der Waals surface area (Å²) in [7, 11) is 0. The van der Waals surface area contributed by atoms with Gasteiger partial charge in [-0.3, -0.25) is 0 Å². The van der Waals surface area contributed by atoms with Crippen molar-refractivity contribution in [2.45, 2.75) is 18.4 Å². The molecule has 128 valence electrons. The number of nitrogens with zero attached hydrogens (tertiary/aromatic N) is 1. The summed E-state index contributed by atoms with van der Waals surface area (Å²) in [5.41, 5.74) is 1.50. The zero-order valence-electron chi connectivity index (χ0n) is 14.1. The van der Waals surface area contributed by atoms with Crippen LogP contribution in [0.4, 0.5) is 0 Å². The molecule has 0 saturated carbocycles. The third-order valence-corrected chi connectivity index (χ3v) is 5.06. The maximum atomic E-state index is 11.4. The van der Waals surface area contributed by atoms with Crippen molar-refractivity contribution >= 4 is 12.4 Å². The van der Waals surface area contributed by atoms with E-state index in [1.54, 1.807) is 0 Å². The van der Waals surface area contributed by atoms with Gasteiger partial charge in [-0.25, -0.2) is 0 Å². The van der Waals surface area contributed by atoms with Gasteiger partial charge in [0, 0.05) is 36.0 Å². The molecule has 2 aromatic carbocycles. The molecule has 0 aromatic heterocycles. The van der Waals surface area contributed by atoms with Crippen LogP contribution in [0.25, 0.3) is 0 Å². The standard InChI is InChI=1S/C22H21NO.ClH/c24-22(20-7-3-1-4-8-20,21-9-5-2-6-10-21)14-11-19-17-23-15-12-18(19)13-16-23;/h1-10,17-18,24H,12-13,15-16H2;1H. The van der Waals surface area contributed by atoms with Gasteiger partial charge in [0.15, 0.2) is 5.60 Å². The molecule has 0 radical (unpaired) electrons. The number of halogens is 1. The third-order valence-electron chi connectivity index (χ3n) is 5.06. The van der Waals surface area contributed by atoms with Crippen LogP contribution in [0, 0.1) is 17.8 Å². The Kier molecular flexibility index (Phi) is 5.18. The number of aliphatic hydroxyl groups is 1. The Balaban J connectivity index is 0.00000182. The van der Waals surface area contributed by atoms with Crippen molar-refractivity contribution in [2.24, 2.45) is 5.92 Å². The molecule has 0 atom stereocenters. The van der Waals surface area contributed by atoms with Crippen molar-refractivity contribution in [2.75, 3.05) is 13.1 Å². The number of piperidine rings is 1. The summed E-state index contributed by atoms with van der Waals surface area (Å²) < 4.78 is 0. The Morgan fingerprint density at radius 1 is 0.880 bits per heavy atom. The quantitative estimate of drug-likeness (QED) is 0.828. The van der Waals surface area contributed by atoms with Crippen LogP contribution in [0.3, 0.4) is 0 Å². The van der Waals surface area contributed by atoms with Crippen molar-refractivity contribution in [1.82, 2.24) is 4.90 Å². The molecule has 3 heteroatoms. The molecule has 3 heterocycles. The first-order valence-corrected chi connectivity index (χ1v) is 8.58. The van der Waals surface area contributed by atoms with Gasteiger partial charge in [0.25, 0.3) is 0 Å². The Morgan fingerprint density at radius 3 is 1.84 bits per heavy atom. The zero-order valence-corrected chi connectivity index (χ0v) is 14.9. The summed E-state index contributed by atoms with van der Waals surface area (Å²) in [6, 6.07) is 19.4. The van der Waals surface area contributed by atoms with Gasteiger partial charge >= 0.3 is 0 Å². The number of allylic oxidation sites excluding steroid dienone is 1. The number of benzene rings is 2. The van der Waals surface area contributed by atoms with Crippen LogP contribution in [0.1, 0.15) is 24.0 Å². The number of rotatable bonds is 2. The van der Waals surface area contributed by atoms with Gasteiger partial charge in [0.2, 0.25) is 0 Å². The smallest absolute Gasteiger partial charge is 0.177 e. The van der Waals surface area contributed by atoms with E-state index in [2.05, 4.69) is 22.9 Å². The van der Waals surface area contributed by atoms with Gasteiger partial charge in [0.1, 0.15) is 0 Å². The molecule has 0 spiro atoms. The fraction of sp³-hybridized carbons (Fsp3) is 0.273. The number of hydrogen-bond donors (Lipinski definition) is 1. The van der Waals surface area contributed by atoms with E-state index in [1.807, 2.05) is 60.7 Å². The second-order valence-electron chi connectivity index (χ2n) is 6.59. The summed E-state index contributed by atoms with van der Waals surface area (Å²) in [4.78, 5) is 2.34. The maximum absolute atomic E-state index is 11.4. The molecule has 5 rings (SSSR count). The highest BCUT2D eigenvalue weighted by Gasteiger charge is 2.30. The topological polar surface area (TPSA) is 23.5 Å². The summed E-state index contributed by atoms with van der Waals surface area (Å²) in [5.74, 6) is 7.06. The summed E-state index contributed by atoms with van der Waals surface area (Å²) in [6.07, 6.45) is 4.53. The molecule has 1 fully saturated rings. The van der Waals surface area contributed by atoms with Crippen LogP contribution < -0.4 is 0 Å². The average molecular weight is 352 g/mol. The van der Waals surface area contributed by atoms with Crippen LogP contribution in [-0.4, -0.2) is 23.1 Å². The highest BCUT2D eigenvalue weighted by molar-refractivity contribution is 5.85. The number of fused-ring (bicyclic) bond motifs is 2. The minimum Gasteiger partial charge on any atom is -0.377 e. The van der Waals surface area contributed by atoms with Gasteiger partial charge in [-0.1, -0.05) is 72.5 Å². The molecule has 2 aromatic rings. The van der Waals surface area contributed by atoms with E-state index < -0.39 is 5.60 Å². The molecule has 25 heavy (non-hydrogen) atoms. The predicted octanol–water partition coefficient (Wildman–Crippen LogP) is 3.96. The molecule has 0 amide bonds. The highest BCUT2D eigenvalue weighted by Crippen LogP contribution is 2.32. The Hall–Kier alpha value is -2.21. The van der Waals surface area contributed by atoms with E-state index in [1.165, 1.54) is 12.8 Å². The summed E-state index contributed by atoms with van der Waals surface area (Å²) >= 11 is 0.